The number of nitrogens with zero attached hydrogens (tertiary/aromatic N) is 5. The lowest BCUT2D eigenvalue weighted by molar-refractivity contribution is 0.0331. The fourth-order valence-corrected chi connectivity index (χ4v) is 4.74. The maximum absolute atomic E-state index is 12.7. The predicted molar refractivity (Wildman–Crippen MR) is 102 cm³/mol. The van der Waals surface area contributed by atoms with Crippen LogP contribution in [0.25, 0.3) is 11.0 Å². The molecule has 0 unspecified atom stereocenters. The van der Waals surface area contributed by atoms with E-state index < -0.39 is 10.0 Å². The van der Waals surface area contributed by atoms with E-state index in [1.807, 2.05) is 0 Å². The minimum absolute atomic E-state index is 0.105. The number of morpholine rings is 1. The number of fused-ring (bicyclic) bond motifs is 1. The minimum Gasteiger partial charge on any atom is -0.379 e. The SMILES string of the molecule is O=S(=O)(NC1=NCN(CCN2CCOCC2)CN1)c1cccc2nsnc12. The van der Waals surface area contributed by atoms with E-state index in [1.54, 1.807) is 12.1 Å². The summed E-state index contributed by atoms with van der Waals surface area (Å²) in [5.74, 6) is 0.248. The van der Waals surface area contributed by atoms with Gasteiger partial charge < -0.3 is 10.1 Å². The molecule has 2 aliphatic rings. The maximum Gasteiger partial charge on any atom is 0.266 e. The second-order valence-corrected chi connectivity index (χ2v) is 8.50. The van der Waals surface area contributed by atoms with Crippen LogP contribution in [0.3, 0.4) is 0 Å². The molecule has 0 atom stereocenters. The largest absolute Gasteiger partial charge is 0.379 e. The molecule has 0 saturated carbocycles. The molecule has 1 saturated heterocycles. The van der Waals surface area contributed by atoms with Crippen molar-refractivity contribution >= 4 is 38.7 Å². The molecule has 2 N–H and O–H groups in total. The first-order valence-corrected chi connectivity index (χ1v) is 10.9. The van der Waals surface area contributed by atoms with E-state index in [9.17, 15) is 8.42 Å². The number of sulfonamides is 1. The van der Waals surface area contributed by atoms with Crippen LogP contribution < -0.4 is 10.0 Å². The van der Waals surface area contributed by atoms with Gasteiger partial charge in [-0.05, 0) is 12.1 Å². The first-order valence-electron chi connectivity index (χ1n) is 8.67. The molecule has 0 bridgehead atoms. The Bertz CT molecular complexity index is 924. The Morgan fingerprint density at radius 1 is 1.19 bits per heavy atom. The van der Waals surface area contributed by atoms with Crippen molar-refractivity contribution in [2.45, 2.75) is 4.90 Å². The summed E-state index contributed by atoms with van der Waals surface area (Å²) in [5.41, 5.74) is 0.939. The lowest BCUT2D eigenvalue weighted by Gasteiger charge is -2.31. The van der Waals surface area contributed by atoms with E-state index in [0.717, 1.165) is 51.1 Å². The van der Waals surface area contributed by atoms with Gasteiger partial charge in [-0.25, -0.2) is 18.1 Å². The number of aromatic nitrogens is 2. The van der Waals surface area contributed by atoms with Gasteiger partial charge in [0.15, 0.2) is 0 Å². The molecule has 0 aliphatic carbocycles. The van der Waals surface area contributed by atoms with Crippen LogP contribution in [0.1, 0.15) is 0 Å². The lowest BCUT2D eigenvalue weighted by atomic mass is 10.3. The molecule has 1 aromatic carbocycles. The van der Waals surface area contributed by atoms with Crippen LogP contribution in [0.2, 0.25) is 0 Å². The molecule has 4 rings (SSSR count). The Morgan fingerprint density at radius 3 is 2.78 bits per heavy atom. The van der Waals surface area contributed by atoms with Crippen LogP contribution in [0.15, 0.2) is 28.1 Å². The molecule has 10 nitrogen and oxygen atoms in total. The average molecular weight is 412 g/mol. The number of aliphatic imine (C=N–C) groups is 1. The van der Waals surface area contributed by atoms with Crippen LogP contribution >= 0.6 is 11.7 Å². The smallest absolute Gasteiger partial charge is 0.266 e. The van der Waals surface area contributed by atoms with Crippen molar-refractivity contribution in [1.29, 1.82) is 0 Å². The van der Waals surface area contributed by atoms with Crippen LogP contribution in [-0.4, -0.2) is 85.7 Å². The Labute approximate surface area is 161 Å². The van der Waals surface area contributed by atoms with Crippen molar-refractivity contribution in [2.24, 2.45) is 4.99 Å². The van der Waals surface area contributed by atoms with Crippen LogP contribution in [0.5, 0.6) is 0 Å². The lowest BCUT2D eigenvalue weighted by Crippen LogP contribution is -2.51. The molecule has 0 spiro atoms. The number of guanidine groups is 1. The quantitative estimate of drug-likeness (QED) is 0.676. The molecule has 1 fully saturated rings. The molecule has 0 amide bonds. The monoisotopic (exact) mass is 411 g/mol. The molecule has 2 aliphatic heterocycles. The zero-order chi connectivity index (χ0) is 18.7. The van der Waals surface area contributed by atoms with E-state index in [-0.39, 0.29) is 10.9 Å². The van der Waals surface area contributed by atoms with Gasteiger partial charge in [0.1, 0.15) is 15.9 Å². The summed E-state index contributed by atoms with van der Waals surface area (Å²) < 4.78 is 41.4. The second kappa shape index (κ2) is 8.02. The summed E-state index contributed by atoms with van der Waals surface area (Å²) in [6.45, 7) is 6.25. The molecule has 0 radical (unpaired) electrons. The fraction of sp³-hybridized carbons (Fsp3) is 0.533. The highest BCUT2D eigenvalue weighted by Gasteiger charge is 2.23. The standard InChI is InChI=1S/C15H21N7O3S2/c23-27(24,13-3-1-2-12-14(13)19-26-18-12)20-15-16-10-22(11-17-15)5-4-21-6-8-25-9-7-21/h1-3H,4-11H2,(H2,16,17,20). The highest BCUT2D eigenvalue weighted by molar-refractivity contribution is 7.90. The summed E-state index contributed by atoms with van der Waals surface area (Å²) in [6, 6.07) is 4.91. The van der Waals surface area contributed by atoms with Gasteiger partial charge in [-0.2, -0.15) is 8.75 Å². The van der Waals surface area contributed by atoms with Gasteiger partial charge in [0.05, 0.1) is 38.3 Å². The second-order valence-electron chi connectivity index (χ2n) is 6.33. The third kappa shape index (κ3) is 4.35. The number of hydrogen-bond donors (Lipinski definition) is 2. The summed E-state index contributed by atoms with van der Waals surface area (Å²) in [6.07, 6.45) is 0. The molecular formula is C15H21N7O3S2. The highest BCUT2D eigenvalue weighted by Crippen LogP contribution is 2.20. The van der Waals surface area contributed by atoms with Gasteiger partial charge in [0.2, 0.25) is 5.96 Å². The van der Waals surface area contributed by atoms with Crippen molar-refractivity contribution in [2.75, 3.05) is 52.7 Å². The molecule has 3 heterocycles. The number of ether oxygens (including phenoxy) is 1. The third-order valence-corrected chi connectivity index (χ3v) is 6.42. The number of nitrogens with one attached hydrogen (secondary N) is 2. The van der Waals surface area contributed by atoms with Gasteiger partial charge in [0, 0.05) is 26.2 Å². The number of benzene rings is 1. The minimum atomic E-state index is -3.78. The van der Waals surface area contributed by atoms with E-state index in [4.69, 9.17) is 4.74 Å². The van der Waals surface area contributed by atoms with E-state index >= 15 is 0 Å². The molecule has 1 aromatic heterocycles. The summed E-state index contributed by atoms with van der Waals surface area (Å²) in [7, 11) is -3.78. The maximum atomic E-state index is 12.7. The van der Waals surface area contributed by atoms with Gasteiger partial charge >= 0.3 is 0 Å². The molecule has 12 heteroatoms. The normalized spacial score (nSPS) is 19.6. The molecular weight excluding hydrogens is 390 g/mol. The summed E-state index contributed by atoms with van der Waals surface area (Å²) in [5, 5.41) is 3.03. The van der Waals surface area contributed by atoms with E-state index in [1.165, 1.54) is 6.07 Å². The average Bonchev–Trinajstić information content (AvgIpc) is 3.17. The molecule has 27 heavy (non-hydrogen) atoms. The Kier molecular flexibility index (Phi) is 5.50. The third-order valence-electron chi connectivity index (χ3n) is 4.50. The van der Waals surface area contributed by atoms with Crippen LogP contribution in [0.4, 0.5) is 0 Å². The first kappa shape index (κ1) is 18.5. The van der Waals surface area contributed by atoms with E-state index in [0.29, 0.717) is 24.4 Å². The number of hydrogen-bond acceptors (Lipinski definition) is 10. The van der Waals surface area contributed by atoms with Crippen molar-refractivity contribution in [3.8, 4) is 0 Å². The molecule has 2 aromatic rings. The summed E-state index contributed by atoms with van der Waals surface area (Å²) >= 11 is 0.990. The Morgan fingerprint density at radius 2 is 2.00 bits per heavy atom. The van der Waals surface area contributed by atoms with Crippen LogP contribution in [0, 0.1) is 0 Å². The van der Waals surface area contributed by atoms with Crippen LogP contribution in [-0.2, 0) is 14.8 Å². The van der Waals surface area contributed by atoms with Crippen molar-refractivity contribution in [1.82, 2.24) is 28.6 Å². The number of rotatable bonds is 5. The van der Waals surface area contributed by atoms with Gasteiger partial charge in [0.25, 0.3) is 10.0 Å². The predicted octanol–water partition coefficient (Wildman–Crippen LogP) is -0.522. The first-order chi connectivity index (χ1) is 13.1. The van der Waals surface area contributed by atoms with Crippen molar-refractivity contribution in [3.63, 3.8) is 0 Å². The van der Waals surface area contributed by atoms with Gasteiger partial charge in [-0.1, -0.05) is 6.07 Å². The highest BCUT2D eigenvalue weighted by atomic mass is 32.2. The van der Waals surface area contributed by atoms with Gasteiger partial charge in [-0.15, -0.1) is 0 Å². The Balaban J connectivity index is 1.36. The van der Waals surface area contributed by atoms with Crippen molar-refractivity contribution < 1.29 is 13.2 Å². The summed E-state index contributed by atoms with van der Waals surface area (Å²) in [4.78, 5) is 8.90. The van der Waals surface area contributed by atoms with E-state index in [2.05, 4.69) is 33.6 Å². The van der Waals surface area contributed by atoms with Crippen molar-refractivity contribution in [3.05, 3.63) is 18.2 Å². The Hall–Kier alpha value is -1.86. The topological polar surface area (TPSA) is 112 Å². The van der Waals surface area contributed by atoms with Gasteiger partial charge in [-0.3, -0.25) is 9.80 Å². The molecule has 146 valence electrons. The fourth-order valence-electron chi connectivity index (χ4n) is 2.97. The zero-order valence-electron chi connectivity index (χ0n) is 14.7. The zero-order valence-corrected chi connectivity index (χ0v) is 16.3.